The third-order valence-electron chi connectivity index (χ3n) is 2.69. The van der Waals surface area contributed by atoms with Crippen molar-refractivity contribution < 1.29 is 14.1 Å². The fraction of sp³-hybridized carbons (Fsp3) is 0.357. The molecule has 0 N–H and O–H groups in total. The van der Waals surface area contributed by atoms with Crippen LogP contribution in [0.3, 0.4) is 0 Å². The quantitative estimate of drug-likeness (QED) is 0.773. The van der Waals surface area contributed by atoms with Crippen molar-refractivity contribution in [3.8, 4) is 5.75 Å². The first-order chi connectivity index (χ1) is 9.10. The number of aryl methyl sites for hydroxylation is 2. The standard InChI is InChI=1S/C14H16N2O3/c1-4-14-15-13(16-19-14)8-18-12-7-9(2)5-6-11(12)10(3)17/h5-7H,4,8H2,1-3H3. The van der Waals surface area contributed by atoms with Crippen LogP contribution in [0.5, 0.6) is 5.75 Å². The smallest absolute Gasteiger partial charge is 0.226 e. The molecule has 0 aliphatic rings. The molecule has 0 bridgehead atoms. The summed E-state index contributed by atoms with van der Waals surface area (Å²) in [5.41, 5.74) is 1.59. The number of carbonyl (C=O) groups excluding carboxylic acids is 1. The number of carbonyl (C=O) groups is 1. The topological polar surface area (TPSA) is 65.2 Å². The number of hydrogen-bond acceptors (Lipinski definition) is 5. The third-order valence-corrected chi connectivity index (χ3v) is 2.69. The fourth-order valence-electron chi connectivity index (χ4n) is 1.67. The van der Waals surface area contributed by atoms with Gasteiger partial charge in [0.1, 0.15) is 5.75 Å². The van der Waals surface area contributed by atoms with Gasteiger partial charge in [-0.2, -0.15) is 4.98 Å². The molecule has 0 amide bonds. The molecule has 19 heavy (non-hydrogen) atoms. The number of rotatable bonds is 5. The Labute approximate surface area is 111 Å². The zero-order valence-corrected chi connectivity index (χ0v) is 11.3. The van der Waals surface area contributed by atoms with E-state index >= 15 is 0 Å². The van der Waals surface area contributed by atoms with E-state index in [1.807, 2.05) is 26.0 Å². The summed E-state index contributed by atoms with van der Waals surface area (Å²) in [6.45, 7) is 5.58. The Morgan fingerprint density at radius 1 is 1.42 bits per heavy atom. The van der Waals surface area contributed by atoms with Crippen LogP contribution in [-0.4, -0.2) is 15.9 Å². The molecule has 0 saturated carbocycles. The normalized spacial score (nSPS) is 10.5. The van der Waals surface area contributed by atoms with E-state index in [4.69, 9.17) is 9.26 Å². The van der Waals surface area contributed by atoms with Gasteiger partial charge < -0.3 is 9.26 Å². The molecule has 5 heteroatoms. The molecule has 1 heterocycles. The minimum Gasteiger partial charge on any atom is -0.485 e. The minimum atomic E-state index is -0.0302. The molecular weight excluding hydrogens is 244 g/mol. The summed E-state index contributed by atoms with van der Waals surface area (Å²) >= 11 is 0. The second-order valence-electron chi connectivity index (χ2n) is 4.30. The van der Waals surface area contributed by atoms with Crippen LogP contribution in [0.1, 0.15) is 41.5 Å². The lowest BCUT2D eigenvalue weighted by Crippen LogP contribution is -2.03. The maximum Gasteiger partial charge on any atom is 0.226 e. The molecule has 0 spiro atoms. The first kappa shape index (κ1) is 13.3. The van der Waals surface area contributed by atoms with Crippen molar-refractivity contribution >= 4 is 5.78 Å². The number of ketones is 1. The Morgan fingerprint density at radius 2 is 2.21 bits per heavy atom. The van der Waals surface area contributed by atoms with Crippen LogP contribution in [0.4, 0.5) is 0 Å². The number of aromatic nitrogens is 2. The lowest BCUT2D eigenvalue weighted by atomic mass is 10.1. The molecule has 0 radical (unpaired) electrons. The lowest BCUT2D eigenvalue weighted by molar-refractivity contribution is 0.101. The van der Waals surface area contributed by atoms with Gasteiger partial charge in [-0.1, -0.05) is 18.1 Å². The van der Waals surface area contributed by atoms with Crippen molar-refractivity contribution in [3.63, 3.8) is 0 Å². The first-order valence-corrected chi connectivity index (χ1v) is 6.16. The Kier molecular flexibility index (Phi) is 3.94. The van der Waals surface area contributed by atoms with E-state index in [1.54, 1.807) is 6.07 Å². The first-order valence-electron chi connectivity index (χ1n) is 6.16. The van der Waals surface area contributed by atoms with Crippen molar-refractivity contribution in [2.24, 2.45) is 0 Å². The average molecular weight is 260 g/mol. The van der Waals surface area contributed by atoms with Crippen molar-refractivity contribution in [1.29, 1.82) is 0 Å². The van der Waals surface area contributed by atoms with Gasteiger partial charge in [0, 0.05) is 6.42 Å². The Bertz CT molecular complexity index is 590. The Morgan fingerprint density at radius 3 is 2.84 bits per heavy atom. The van der Waals surface area contributed by atoms with Crippen LogP contribution in [0.2, 0.25) is 0 Å². The predicted molar refractivity (Wildman–Crippen MR) is 69.2 cm³/mol. The van der Waals surface area contributed by atoms with E-state index in [1.165, 1.54) is 6.92 Å². The summed E-state index contributed by atoms with van der Waals surface area (Å²) in [6.07, 6.45) is 0.691. The largest absolute Gasteiger partial charge is 0.485 e. The number of hydrogen-bond donors (Lipinski definition) is 0. The fourth-order valence-corrected chi connectivity index (χ4v) is 1.67. The predicted octanol–water partition coefficient (Wildman–Crippen LogP) is 2.72. The monoisotopic (exact) mass is 260 g/mol. The van der Waals surface area contributed by atoms with Gasteiger partial charge in [-0.3, -0.25) is 4.79 Å². The van der Waals surface area contributed by atoms with E-state index in [9.17, 15) is 4.79 Å². The highest BCUT2D eigenvalue weighted by Crippen LogP contribution is 2.21. The van der Waals surface area contributed by atoms with Crippen LogP contribution in [0.25, 0.3) is 0 Å². The molecule has 0 aliphatic heterocycles. The van der Waals surface area contributed by atoms with Gasteiger partial charge in [-0.15, -0.1) is 0 Å². The van der Waals surface area contributed by atoms with Crippen LogP contribution in [0, 0.1) is 6.92 Å². The highest BCUT2D eigenvalue weighted by Gasteiger charge is 2.11. The van der Waals surface area contributed by atoms with Gasteiger partial charge in [0.05, 0.1) is 5.56 Å². The molecule has 0 aliphatic carbocycles. The Balaban J connectivity index is 2.14. The van der Waals surface area contributed by atoms with E-state index < -0.39 is 0 Å². The molecule has 0 unspecified atom stereocenters. The van der Waals surface area contributed by atoms with Crippen molar-refractivity contribution in [2.45, 2.75) is 33.8 Å². The second kappa shape index (κ2) is 5.65. The number of nitrogens with zero attached hydrogens (tertiary/aromatic N) is 2. The molecular formula is C14H16N2O3. The molecule has 2 rings (SSSR count). The van der Waals surface area contributed by atoms with Gasteiger partial charge in [-0.25, -0.2) is 0 Å². The second-order valence-corrected chi connectivity index (χ2v) is 4.30. The highest BCUT2D eigenvalue weighted by atomic mass is 16.5. The number of ether oxygens (including phenoxy) is 1. The van der Waals surface area contributed by atoms with E-state index in [-0.39, 0.29) is 12.4 Å². The maximum absolute atomic E-state index is 11.5. The molecule has 0 saturated heterocycles. The molecule has 5 nitrogen and oxygen atoms in total. The molecule has 0 atom stereocenters. The summed E-state index contributed by atoms with van der Waals surface area (Å²) in [5, 5.41) is 3.80. The molecule has 0 fully saturated rings. The van der Waals surface area contributed by atoms with E-state index in [2.05, 4.69) is 10.1 Å². The van der Waals surface area contributed by atoms with Crippen molar-refractivity contribution in [2.75, 3.05) is 0 Å². The summed E-state index contributed by atoms with van der Waals surface area (Å²) in [6, 6.07) is 5.48. The van der Waals surface area contributed by atoms with E-state index in [0.29, 0.717) is 29.4 Å². The zero-order valence-electron chi connectivity index (χ0n) is 11.3. The van der Waals surface area contributed by atoms with Gasteiger partial charge in [-0.05, 0) is 31.5 Å². The van der Waals surface area contributed by atoms with Crippen molar-refractivity contribution in [3.05, 3.63) is 41.0 Å². The lowest BCUT2D eigenvalue weighted by Gasteiger charge is -2.08. The van der Waals surface area contributed by atoms with Crippen LogP contribution >= 0.6 is 0 Å². The van der Waals surface area contributed by atoms with Gasteiger partial charge in [0.25, 0.3) is 0 Å². The van der Waals surface area contributed by atoms with Crippen LogP contribution in [0.15, 0.2) is 22.7 Å². The number of Topliss-reactive ketones (excluding diaryl/α,β-unsaturated/α-hetero) is 1. The SMILES string of the molecule is CCc1nc(COc2cc(C)ccc2C(C)=O)no1. The molecule has 100 valence electrons. The average Bonchev–Trinajstić information content (AvgIpc) is 2.84. The summed E-state index contributed by atoms with van der Waals surface area (Å²) in [7, 11) is 0. The maximum atomic E-state index is 11.5. The molecule has 1 aromatic carbocycles. The van der Waals surface area contributed by atoms with Crippen LogP contribution in [-0.2, 0) is 13.0 Å². The number of benzene rings is 1. The zero-order chi connectivity index (χ0) is 13.8. The summed E-state index contributed by atoms with van der Waals surface area (Å²) in [4.78, 5) is 15.7. The van der Waals surface area contributed by atoms with E-state index in [0.717, 1.165) is 5.56 Å². The summed E-state index contributed by atoms with van der Waals surface area (Å²) < 4.78 is 10.6. The summed E-state index contributed by atoms with van der Waals surface area (Å²) in [5.74, 6) is 1.58. The van der Waals surface area contributed by atoms with Gasteiger partial charge >= 0.3 is 0 Å². The highest BCUT2D eigenvalue weighted by molar-refractivity contribution is 5.96. The van der Waals surface area contributed by atoms with Gasteiger partial charge in [0.15, 0.2) is 12.4 Å². The minimum absolute atomic E-state index is 0.0302. The molecule has 2 aromatic rings. The Hall–Kier alpha value is -2.17. The van der Waals surface area contributed by atoms with Crippen LogP contribution < -0.4 is 4.74 Å². The third kappa shape index (κ3) is 3.19. The van der Waals surface area contributed by atoms with Gasteiger partial charge in [0.2, 0.25) is 11.7 Å². The van der Waals surface area contributed by atoms with Crippen molar-refractivity contribution in [1.82, 2.24) is 10.1 Å². The molecule has 1 aromatic heterocycles.